The number of hydrogen-bond donors (Lipinski definition) is 0. The predicted octanol–water partition coefficient (Wildman–Crippen LogP) is 3.86. The van der Waals surface area contributed by atoms with E-state index in [-0.39, 0.29) is 5.38 Å². The SMILES string of the molecule is ClC1CCOCC1CCOc1cccc(Br)c1. The van der Waals surface area contributed by atoms with E-state index < -0.39 is 0 Å². The quantitative estimate of drug-likeness (QED) is 0.785. The Labute approximate surface area is 115 Å². The molecule has 0 spiro atoms. The molecule has 0 bridgehead atoms. The van der Waals surface area contributed by atoms with E-state index in [4.69, 9.17) is 21.1 Å². The number of alkyl halides is 1. The zero-order valence-corrected chi connectivity index (χ0v) is 11.9. The van der Waals surface area contributed by atoms with Gasteiger partial charge in [0.05, 0.1) is 13.2 Å². The molecular formula is C13H16BrClO2. The lowest BCUT2D eigenvalue weighted by molar-refractivity contribution is 0.0490. The molecule has 0 aliphatic carbocycles. The second kappa shape index (κ2) is 6.62. The van der Waals surface area contributed by atoms with Gasteiger partial charge < -0.3 is 9.47 Å². The molecule has 1 aliphatic heterocycles. The fourth-order valence-electron chi connectivity index (χ4n) is 1.92. The zero-order chi connectivity index (χ0) is 12.1. The Morgan fingerprint density at radius 3 is 3.12 bits per heavy atom. The van der Waals surface area contributed by atoms with Crippen LogP contribution in [-0.4, -0.2) is 25.2 Å². The molecule has 1 aliphatic rings. The van der Waals surface area contributed by atoms with Crippen LogP contribution in [0.15, 0.2) is 28.7 Å². The van der Waals surface area contributed by atoms with Crippen molar-refractivity contribution in [2.24, 2.45) is 5.92 Å². The van der Waals surface area contributed by atoms with Gasteiger partial charge in [-0.2, -0.15) is 0 Å². The summed E-state index contributed by atoms with van der Waals surface area (Å²) in [6.07, 6.45) is 1.89. The highest BCUT2D eigenvalue weighted by molar-refractivity contribution is 9.10. The number of benzene rings is 1. The molecule has 2 atom stereocenters. The van der Waals surface area contributed by atoms with E-state index in [0.29, 0.717) is 12.5 Å². The molecule has 2 unspecified atom stereocenters. The van der Waals surface area contributed by atoms with Crippen LogP contribution in [0.4, 0.5) is 0 Å². The monoisotopic (exact) mass is 318 g/mol. The maximum atomic E-state index is 6.25. The van der Waals surface area contributed by atoms with Gasteiger partial charge in [-0.05, 0) is 31.0 Å². The maximum absolute atomic E-state index is 6.25. The van der Waals surface area contributed by atoms with E-state index in [9.17, 15) is 0 Å². The fraction of sp³-hybridized carbons (Fsp3) is 0.538. The largest absolute Gasteiger partial charge is 0.494 e. The summed E-state index contributed by atoms with van der Waals surface area (Å²) >= 11 is 9.67. The van der Waals surface area contributed by atoms with Gasteiger partial charge in [-0.25, -0.2) is 0 Å². The van der Waals surface area contributed by atoms with E-state index in [1.165, 1.54) is 0 Å². The lowest BCUT2D eigenvalue weighted by Gasteiger charge is -2.27. The average molecular weight is 320 g/mol. The third-order valence-corrected chi connectivity index (χ3v) is 4.00. The number of ether oxygens (including phenoxy) is 2. The van der Waals surface area contributed by atoms with Crippen LogP contribution in [0.1, 0.15) is 12.8 Å². The van der Waals surface area contributed by atoms with Crippen molar-refractivity contribution in [3.05, 3.63) is 28.7 Å². The standard InChI is InChI=1S/C13H16BrClO2/c14-11-2-1-3-12(8-11)17-7-4-10-9-16-6-5-13(10)15/h1-3,8,10,13H,4-7,9H2. The Bertz CT molecular complexity index is 359. The van der Waals surface area contributed by atoms with Gasteiger partial charge in [0.25, 0.3) is 0 Å². The minimum Gasteiger partial charge on any atom is -0.494 e. The van der Waals surface area contributed by atoms with Crippen LogP contribution < -0.4 is 4.74 Å². The highest BCUT2D eigenvalue weighted by Crippen LogP contribution is 2.24. The molecule has 0 aromatic heterocycles. The Kier molecular flexibility index (Phi) is 5.14. The van der Waals surface area contributed by atoms with Crippen molar-refractivity contribution in [2.45, 2.75) is 18.2 Å². The van der Waals surface area contributed by atoms with E-state index in [1.54, 1.807) is 0 Å². The van der Waals surface area contributed by atoms with Crippen LogP contribution >= 0.6 is 27.5 Å². The van der Waals surface area contributed by atoms with Gasteiger partial charge in [0.15, 0.2) is 0 Å². The van der Waals surface area contributed by atoms with E-state index in [2.05, 4.69) is 15.9 Å². The molecule has 1 fully saturated rings. The highest BCUT2D eigenvalue weighted by atomic mass is 79.9. The molecule has 2 nitrogen and oxygen atoms in total. The molecule has 1 aromatic carbocycles. The van der Waals surface area contributed by atoms with Crippen LogP contribution in [-0.2, 0) is 4.74 Å². The fourth-order valence-corrected chi connectivity index (χ4v) is 2.59. The number of halogens is 2. The first kappa shape index (κ1) is 13.2. The molecule has 0 saturated carbocycles. The Morgan fingerprint density at radius 1 is 1.47 bits per heavy atom. The van der Waals surface area contributed by atoms with Crippen molar-refractivity contribution >= 4 is 27.5 Å². The summed E-state index contributed by atoms with van der Waals surface area (Å²) in [5.41, 5.74) is 0. The van der Waals surface area contributed by atoms with Crippen LogP contribution in [0.25, 0.3) is 0 Å². The summed E-state index contributed by atoms with van der Waals surface area (Å²) in [5.74, 6) is 1.31. The zero-order valence-electron chi connectivity index (χ0n) is 9.57. The first-order valence-electron chi connectivity index (χ1n) is 5.86. The van der Waals surface area contributed by atoms with Gasteiger partial charge >= 0.3 is 0 Å². The minimum atomic E-state index is 0.231. The molecule has 17 heavy (non-hydrogen) atoms. The summed E-state index contributed by atoms with van der Waals surface area (Å²) < 4.78 is 12.2. The van der Waals surface area contributed by atoms with Gasteiger partial charge in [-0.1, -0.05) is 22.0 Å². The summed E-state index contributed by atoms with van der Waals surface area (Å²) in [4.78, 5) is 0. The molecule has 1 aromatic rings. The minimum absolute atomic E-state index is 0.231. The smallest absolute Gasteiger partial charge is 0.120 e. The lowest BCUT2D eigenvalue weighted by atomic mass is 9.98. The predicted molar refractivity (Wildman–Crippen MR) is 72.8 cm³/mol. The summed E-state index contributed by atoms with van der Waals surface area (Å²) in [6, 6.07) is 7.87. The summed E-state index contributed by atoms with van der Waals surface area (Å²) in [5, 5.41) is 0.231. The molecule has 1 saturated heterocycles. The number of hydrogen-bond acceptors (Lipinski definition) is 2. The van der Waals surface area contributed by atoms with Crippen LogP contribution in [0.3, 0.4) is 0 Å². The Morgan fingerprint density at radius 2 is 2.35 bits per heavy atom. The average Bonchev–Trinajstić information content (AvgIpc) is 2.32. The molecule has 2 rings (SSSR count). The molecule has 94 valence electrons. The third kappa shape index (κ3) is 4.16. The highest BCUT2D eigenvalue weighted by Gasteiger charge is 2.23. The van der Waals surface area contributed by atoms with Gasteiger partial charge in [0.1, 0.15) is 5.75 Å². The van der Waals surface area contributed by atoms with E-state index in [1.807, 2.05) is 24.3 Å². The summed E-state index contributed by atoms with van der Waals surface area (Å²) in [6.45, 7) is 2.24. The van der Waals surface area contributed by atoms with Crippen molar-refractivity contribution in [3.63, 3.8) is 0 Å². The lowest BCUT2D eigenvalue weighted by Crippen LogP contribution is -2.29. The second-order valence-corrected chi connectivity index (χ2v) is 5.71. The van der Waals surface area contributed by atoms with E-state index >= 15 is 0 Å². The first-order valence-corrected chi connectivity index (χ1v) is 7.09. The van der Waals surface area contributed by atoms with Crippen LogP contribution in [0.2, 0.25) is 0 Å². The molecule has 0 N–H and O–H groups in total. The normalized spacial score (nSPS) is 24.6. The van der Waals surface area contributed by atoms with Crippen molar-refractivity contribution in [1.82, 2.24) is 0 Å². The first-order chi connectivity index (χ1) is 8.25. The third-order valence-electron chi connectivity index (χ3n) is 2.93. The van der Waals surface area contributed by atoms with Gasteiger partial charge in [-0.15, -0.1) is 11.6 Å². The Balaban J connectivity index is 1.75. The van der Waals surface area contributed by atoms with Crippen LogP contribution in [0, 0.1) is 5.92 Å². The molecule has 0 amide bonds. The second-order valence-electron chi connectivity index (χ2n) is 4.23. The van der Waals surface area contributed by atoms with E-state index in [0.717, 1.165) is 36.3 Å². The molecular weight excluding hydrogens is 303 g/mol. The number of rotatable bonds is 4. The van der Waals surface area contributed by atoms with Crippen molar-refractivity contribution in [3.8, 4) is 5.75 Å². The van der Waals surface area contributed by atoms with Crippen molar-refractivity contribution in [2.75, 3.05) is 19.8 Å². The molecule has 4 heteroatoms. The Hall–Kier alpha value is -0.250. The maximum Gasteiger partial charge on any atom is 0.120 e. The summed E-state index contributed by atoms with van der Waals surface area (Å²) in [7, 11) is 0. The molecule has 0 radical (unpaired) electrons. The van der Waals surface area contributed by atoms with Crippen LogP contribution in [0.5, 0.6) is 5.75 Å². The topological polar surface area (TPSA) is 18.5 Å². The van der Waals surface area contributed by atoms with Gasteiger partial charge in [0, 0.05) is 22.4 Å². The van der Waals surface area contributed by atoms with Gasteiger partial charge in [0.2, 0.25) is 0 Å². The molecule has 1 heterocycles. The van der Waals surface area contributed by atoms with Crippen molar-refractivity contribution < 1.29 is 9.47 Å². The van der Waals surface area contributed by atoms with Gasteiger partial charge in [-0.3, -0.25) is 0 Å². The van der Waals surface area contributed by atoms with Crippen molar-refractivity contribution in [1.29, 1.82) is 0 Å².